The zero-order chi connectivity index (χ0) is 9.59. The lowest BCUT2D eigenvalue weighted by Crippen LogP contribution is -2.36. The van der Waals surface area contributed by atoms with Crippen LogP contribution in [0.2, 0.25) is 0 Å². The van der Waals surface area contributed by atoms with Crippen molar-refractivity contribution < 1.29 is 9.59 Å². The lowest BCUT2D eigenvalue weighted by atomic mass is 10.1. The highest BCUT2D eigenvalue weighted by Gasteiger charge is 2.34. The number of carbonyl (C=O) groups is 2. The van der Waals surface area contributed by atoms with Gasteiger partial charge in [0.15, 0.2) is 0 Å². The van der Waals surface area contributed by atoms with Crippen LogP contribution in [0.1, 0.15) is 20.7 Å². The SMILES string of the molecule is Nc1cccc2c1C(=O)N(N)C2=O. The number of carbonyl (C=O) groups excluding carboxylic acids is 2. The Labute approximate surface area is 73.9 Å². The summed E-state index contributed by atoms with van der Waals surface area (Å²) in [5.41, 5.74) is 6.29. The third kappa shape index (κ3) is 0.844. The maximum absolute atomic E-state index is 11.3. The van der Waals surface area contributed by atoms with E-state index in [1.807, 2.05) is 0 Å². The Kier molecular flexibility index (Phi) is 1.37. The van der Waals surface area contributed by atoms with Gasteiger partial charge < -0.3 is 5.73 Å². The minimum Gasteiger partial charge on any atom is -0.398 e. The molecule has 0 spiro atoms. The minimum absolute atomic E-state index is 0.204. The molecule has 1 aliphatic rings. The largest absolute Gasteiger partial charge is 0.398 e. The zero-order valence-corrected chi connectivity index (χ0v) is 6.65. The van der Waals surface area contributed by atoms with Gasteiger partial charge in [0.05, 0.1) is 11.1 Å². The molecular weight excluding hydrogens is 170 g/mol. The van der Waals surface area contributed by atoms with Crippen molar-refractivity contribution in [2.24, 2.45) is 5.84 Å². The van der Waals surface area contributed by atoms with Crippen LogP contribution in [0.3, 0.4) is 0 Å². The van der Waals surface area contributed by atoms with Gasteiger partial charge in [-0.05, 0) is 12.1 Å². The maximum atomic E-state index is 11.3. The summed E-state index contributed by atoms with van der Waals surface area (Å²) < 4.78 is 0. The molecule has 0 saturated heterocycles. The molecule has 0 fully saturated rings. The number of amides is 2. The quantitative estimate of drug-likeness (QED) is 0.247. The predicted molar refractivity (Wildman–Crippen MR) is 45.5 cm³/mol. The normalized spacial score (nSPS) is 15.0. The first kappa shape index (κ1) is 7.75. The van der Waals surface area contributed by atoms with Gasteiger partial charge in [0.25, 0.3) is 11.8 Å². The third-order valence-electron chi connectivity index (χ3n) is 1.98. The summed E-state index contributed by atoms with van der Waals surface area (Å²) >= 11 is 0. The Hall–Kier alpha value is -1.88. The molecule has 0 saturated carbocycles. The highest BCUT2D eigenvalue weighted by Crippen LogP contribution is 2.25. The van der Waals surface area contributed by atoms with Crippen LogP contribution >= 0.6 is 0 Å². The van der Waals surface area contributed by atoms with Crippen LogP contribution in [0.4, 0.5) is 5.69 Å². The fourth-order valence-electron chi connectivity index (χ4n) is 1.33. The smallest absolute Gasteiger partial charge is 0.278 e. The predicted octanol–water partition coefficient (Wildman–Crippen LogP) is -0.261. The standard InChI is InChI=1S/C8H7N3O2/c9-5-3-1-2-4-6(5)8(13)11(10)7(4)12/h1-3H,9-10H2. The molecule has 1 aromatic carbocycles. The molecule has 5 heteroatoms. The number of rotatable bonds is 0. The molecule has 0 bridgehead atoms. The van der Waals surface area contributed by atoms with Crippen LogP contribution in [-0.2, 0) is 0 Å². The van der Waals surface area contributed by atoms with E-state index < -0.39 is 11.8 Å². The van der Waals surface area contributed by atoms with Crippen LogP contribution in [0.15, 0.2) is 18.2 Å². The second kappa shape index (κ2) is 2.30. The molecule has 0 atom stereocenters. The van der Waals surface area contributed by atoms with Crippen LogP contribution in [0.25, 0.3) is 0 Å². The Morgan fingerprint density at radius 2 is 1.85 bits per heavy atom. The van der Waals surface area contributed by atoms with Gasteiger partial charge in [-0.25, -0.2) is 10.9 Å². The topological polar surface area (TPSA) is 89.4 Å². The molecule has 2 rings (SSSR count). The average Bonchev–Trinajstić information content (AvgIpc) is 2.33. The molecule has 1 heterocycles. The lowest BCUT2D eigenvalue weighted by molar-refractivity contribution is 0.0654. The number of hydrazine groups is 1. The van der Waals surface area contributed by atoms with E-state index in [1.165, 1.54) is 6.07 Å². The van der Waals surface area contributed by atoms with E-state index in [0.29, 0.717) is 5.01 Å². The van der Waals surface area contributed by atoms with Crippen molar-refractivity contribution in [1.82, 2.24) is 5.01 Å². The lowest BCUT2D eigenvalue weighted by Gasteiger charge is -2.02. The fraction of sp³-hybridized carbons (Fsp3) is 0. The molecule has 66 valence electrons. The second-order valence-electron chi connectivity index (χ2n) is 2.75. The summed E-state index contributed by atoms with van der Waals surface area (Å²) in [6.07, 6.45) is 0. The van der Waals surface area contributed by atoms with Gasteiger partial charge in [0.1, 0.15) is 0 Å². The molecular formula is C8H7N3O2. The first-order valence-electron chi connectivity index (χ1n) is 3.65. The van der Waals surface area contributed by atoms with E-state index >= 15 is 0 Å². The average molecular weight is 177 g/mol. The van der Waals surface area contributed by atoms with Gasteiger partial charge >= 0.3 is 0 Å². The molecule has 4 N–H and O–H groups in total. The molecule has 0 aromatic heterocycles. The van der Waals surface area contributed by atoms with Gasteiger partial charge in [-0.15, -0.1) is 0 Å². The summed E-state index contributed by atoms with van der Waals surface area (Å²) in [4.78, 5) is 22.6. The Morgan fingerprint density at radius 3 is 2.46 bits per heavy atom. The number of anilines is 1. The second-order valence-corrected chi connectivity index (χ2v) is 2.75. The first-order valence-corrected chi connectivity index (χ1v) is 3.65. The van der Waals surface area contributed by atoms with Gasteiger partial charge in [0.2, 0.25) is 0 Å². The summed E-state index contributed by atoms with van der Waals surface area (Å²) in [5.74, 6) is 4.17. The van der Waals surface area contributed by atoms with Crippen molar-refractivity contribution in [2.45, 2.75) is 0 Å². The highest BCUT2D eigenvalue weighted by molar-refractivity contribution is 6.23. The third-order valence-corrected chi connectivity index (χ3v) is 1.98. The number of hydrogen-bond donors (Lipinski definition) is 2. The van der Waals surface area contributed by atoms with Crippen molar-refractivity contribution >= 4 is 17.5 Å². The number of nitrogen functional groups attached to an aromatic ring is 1. The molecule has 0 aliphatic carbocycles. The van der Waals surface area contributed by atoms with Crippen molar-refractivity contribution in [1.29, 1.82) is 0 Å². The van der Waals surface area contributed by atoms with E-state index in [-0.39, 0.29) is 16.8 Å². The van der Waals surface area contributed by atoms with E-state index in [4.69, 9.17) is 11.6 Å². The fourth-order valence-corrected chi connectivity index (χ4v) is 1.33. The van der Waals surface area contributed by atoms with Crippen molar-refractivity contribution in [2.75, 3.05) is 5.73 Å². The molecule has 0 unspecified atom stereocenters. The number of hydrogen-bond acceptors (Lipinski definition) is 4. The van der Waals surface area contributed by atoms with E-state index in [9.17, 15) is 9.59 Å². The van der Waals surface area contributed by atoms with E-state index in [0.717, 1.165) is 0 Å². The number of benzene rings is 1. The van der Waals surface area contributed by atoms with Gasteiger partial charge in [-0.1, -0.05) is 6.07 Å². The van der Waals surface area contributed by atoms with Crippen molar-refractivity contribution in [3.05, 3.63) is 29.3 Å². The number of nitrogens with two attached hydrogens (primary N) is 2. The molecule has 1 aliphatic heterocycles. The molecule has 0 radical (unpaired) electrons. The van der Waals surface area contributed by atoms with Gasteiger partial charge in [0, 0.05) is 5.69 Å². The molecule has 5 nitrogen and oxygen atoms in total. The van der Waals surface area contributed by atoms with E-state index in [1.54, 1.807) is 12.1 Å². The van der Waals surface area contributed by atoms with Crippen molar-refractivity contribution in [3.63, 3.8) is 0 Å². The zero-order valence-electron chi connectivity index (χ0n) is 6.65. The first-order chi connectivity index (χ1) is 6.13. The monoisotopic (exact) mass is 177 g/mol. The van der Waals surface area contributed by atoms with Crippen LogP contribution in [0.5, 0.6) is 0 Å². The van der Waals surface area contributed by atoms with Crippen LogP contribution < -0.4 is 11.6 Å². The Morgan fingerprint density at radius 1 is 1.15 bits per heavy atom. The number of fused-ring (bicyclic) bond motifs is 1. The summed E-state index contributed by atoms with van der Waals surface area (Å²) in [7, 11) is 0. The number of nitrogens with zero attached hydrogens (tertiary/aromatic N) is 1. The Bertz CT molecular complexity index is 414. The molecule has 1 aromatic rings. The summed E-state index contributed by atoms with van der Waals surface area (Å²) in [6.45, 7) is 0. The molecule has 2 amide bonds. The van der Waals surface area contributed by atoms with Crippen LogP contribution in [-0.4, -0.2) is 16.8 Å². The van der Waals surface area contributed by atoms with Crippen LogP contribution in [0, 0.1) is 0 Å². The van der Waals surface area contributed by atoms with E-state index in [2.05, 4.69) is 0 Å². The summed E-state index contributed by atoms with van der Waals surface area (Å²) in [6, 6.07) is 4.69. The maximum Gasteiger partial charge on any atom is 0.278 e. The molecule has 13 heavy (non-hydrogen) atoms. The number of imide groups is 1. The van der Waals surface area contributed by atoms with Crippen molar-refractivity contribution in [3.8, 4) is 0 Å². The highest BCUT2D eigenvalue weighted by atomic mass is 16.2. The van der Waals surface area contributed by atoms with Gasteiger partial charge in [-0.2, -0.15) is 0 Å². The Balaban J connectivity index is 2.74. The minimum atomic E-state index is -0.543. The van der Waals surface area contributed by atoms with Gasteiger partial charge in [-0.3, -0.25) is 9.59 Å². The summed E-state index contributed by atoms with van der Waals surface area (Å²) in [5, 5.41) is 0.570.